The number of non-ortho nitro benzene ring substituents is 1. The maximum Gasteiger partial charge on any atom is 0.270 e. The number of hydrogen-bond donors (Lipinski definition) is 2. The Hall–Kier alpha value is -4.77. The number of rotatable bonds is 9. The molecule has 2 N–H and O–H groups in total. The van der Waals surface area contributed by atoms with Crippen LogP contribution in [0.5, 0.6) is 5.75 Å². The molecule has 0 aliphatic carbocycles. The number of nitro groups is 1. The normalized spacial score (nSPS) is 16.5. The molecule has 2 atom stereocenters. The molecule has 0 spiro atoms. The summed E-state index contributed by atoms with van der Waals surface area (Å²) in [6.07, 6.45) is 1.86. The highest BCUT2D eigenvalue weighted by molar-refractivity contribution is 7.80. The minimum atomic E-state index is -0.443. The number of nitrogens with zero attached hydrogens (tertiary/aromatic N) is 3. The molecular formula is C28H25N5O5S. The number of hydrogen-bond acceptors (Lipinski definition) is 7. The Morgan fingerprint density at radius 1 is 1.15 bits per heavy atom. The van der Waals surface area contributed by atoms with Gasteiger partial charge >= 0.3 is 0 Å². The van der Waals surface area contributed by atoms with Crippen LogP contribution in [-0.2, 0) is 4.79 Å². The van der Waals surface area contributed by atoms with Crippen LogP contribution < -0.4 is 15.4 Å². The van der Waals surface area contributed by atoms with Gasteiger partial charge in [-0.15, -0.1) is 0 Å². The molecule has 2 aromatic carbocycles. The summed E-state index contributed by atoms with van der Waals surface area (Å²) in [6, 6.07) is 22.0. The highest BCUT2D eigenvalue weighted by Crippen LogP contribution is 2.40. The number of nitro benzene ring substituents is 1. The number of thiocarbonyl (C=S) groups is 1. The molecule has 0 unspecified atom stereocenters. The number of nitrogens with one attached hydrogen (secondary N) is 2. The monoisotopic (exact) mass is 543 g/mol. The van der Waals surface area contributed by atoms with Gasteiger partial charge in [-0.05, 0) is 48.6 Å². The number of para-hydroxylation sites is 2. The molecule has 10 nitrogen and oxygen atoms in total. The van der Waals surface area contributed by atoms with Gasteiger partial charge in [-0.2, -0.15) is 0 Å². The molecular weight excluding hydrogens is 518 g/mol. The van der Waals surface area contributed by atoms with Crippen LogP contribution in [0.1, 0.15) is 30.0 Å². The maximum absolute atomic E-state index is 12.9. The van der Waals surface area contributed by atoms with Crippen molar-refractivity contribution < 1.29 is 18.9 Å². The molecule has 1 aliphatic rings. The average molecular weight is 544 g/mol. The molecule has 5 rings (SSSR count). The first-order chi connectivity index (χ1) is 18.9. The number of anilines is 1. The van der Waals surface area contributed by atoms with Crippen molar-refractivity contribution in [3.63, 3.8) is 0 Å². The van der Waals surface area contributed by atoms with Crippen LogP contribution in [0.15, 0.2) is 89.5 Å². The van der Waals surface area contributed by atoms with Gasteiger partial charge in [0.25, 0.3) is 5.69 Å². The van der Waals surface area contributed by atoms with Crippen molar-refractivity contribution in [3.05, 3.63) is 107 Å². The average Bonchev–Trinajstić information content (AvgIpc) is 3.57. The standard InChI is InChI=1S/C28H25N5O5S/c1-37-23-11-3-2-9-20(23)30-25(34)14-16-32-27(26(31-28(32)39)21-10-4-5-15-29-21)24-13-12-22(38-24)18-7-6-8-19(17-18)33(35)36/h2-13,15,17,26-27H,14,16H2,1H3,(H,30,34)(H,31,39)/t26-,27+/m1/s1. The smallest absolute Gasteiger partial charge is 0.270 e. The van der Waals surface area contributed by atoms with Gasteiger partial charge in [0.1, 0.15) is 23.3 Å². The first-order valence-electron chi connectivity index (χ1n) is 12.2. The Morgan fingerprint density at radius 2 is 1.97 bits per heavy atom. The summed E-state index contributed by atoms with van der Waals surface area (Å²) >= 11 is 5.68. The fraction of sp³-hybridized carbons (Fsp3) is 0.179. The van der Waals surface area contributed by atoms with Crippen molar-refractivity contribution in [3.8, 4) is 17.1 Å². The van der Waals surface area contributed by atoms with Gasteiger partial charge in [0.2, 0.25) is 5.91 Å². The Balaban J connectivity index is 1.41. The molecule has 198 valence electrons. The lowest BCUT2D eigenvalue weighted by Crippen LogP contribution is -2.32. The van der Waals surface area contributed by atoms with E-state index in [9.17, 15) is 14.9 Å². The van der Waals surface area contributed by atoms with E-state index in [-0.39, 0.29) is 24.1 Å². The third-order valence-corrected chi connectivity index (χ3v) is 6.77. The van der Waals surface area contributed by atoms with E-state index in [0.29, 0.717) is 40.2 Å². The van der Waals surface area contributed by atoms with Gasteiger partial charge < -0.3 is 24.7 Å². The number of ether oxygens (including phenoxy) is 1. The van der Waals surface area contributed by atoms with Gasteiger partial charge in [0.05, 0.1) is 29.5 Å². The SMILES string of the molecule is COc1ccccc1NC(=O)CCN1C(=S)N[C@H](c2ccccn2)[C@@H]1c1ccc(-c2cccc([N+](=O)[O-])c2)o1. The molecule has 11 heteroatoms. The molecule has 3 heterocycles. The summed E-state index contributed by atoms with van der Waals surface area (Å²) in [5, 5.41) is 17.9. The van der Waals surface area contributed by atoms with Crippen LogP contribution >= 0.6 is 12.2 Å². The molecule has 1 aliphatic heterocycles. The number of carbonyl (C=O) groups is 1. The van der Waals surface area contributed by atoms with E-state index in [2.05, 4.69) is 15.6 Å². The predicted octanol–water partition coefficient (Wildman–Crippen LogP) is 5.26. The van der Waals surface area contributed by atoms with E-state index in [4.69, 9.17) is 21.4 Å². The van der Waals surface area contributed by atoms with E-state index >= 15 is 0 Å². The Bertz CT molecular complexity index is 1510. The summed E-state index contributed by atoms with van der Waals surface area (Å²) in [6.45, 7) is 0.313. The second kappa shape index (κ2) is 11.3. The van der Waals surface area contributed by atoms with Crippen molar-refractivity contribution in [2.45, 2.75) is 18.5 Å². The maximum atomic E-state index is 12.9. The third-order valence-electron chi connectivity index (χ3n) is 6.42. The van der Waals surface area contributed by atoms with Crippen molar-refractivity contribution in [2.75, 3.05) is 19.0 Å². The lowest BCUT2D eigenvalue weighted by Gasteiger charge is -2.26. The van der Waals surface area contributed by atoms with Crippen molar-refractivity contribution >= 4 is 34.6 Å². The van der Waals surface area contributed by atoms with Crippen LogP contribution in [0.25, 0.3) is 11.3 Å². The van der Waals surface area contributed by atoms with Gasteiger partial charge in [-0.3, -0.25) is 19.9 Å². The molecule has 4 aromatic rings. The van der Waals surface area contributed by atoms with Crippen LogP contribution in [0.3, 0.4) is 0 Å². The lowest BCUT2D eigenvalue weighted by atomic mass is 10.0. The molecule has 0 saturated carbocycles. The zero-order valence-electron chi connectivity index (χ0n) is 20.9. The highest BCUT2D eigenvalue weighted by atomic mass is 32.1. The number of furan rings is 1. The van der Waals surface area contributed by atoms with E-state index in [1.807, 2.05) is 41.3 Å². The number of aromatic nitrogens is 1. The number of methoxy groups -OCH3 is 1. The second-order valence-corrected chi connectivity index (χ2v) is 9.21. The minimum Gasteiger partial charge on any atom is -0.495 e. The quantitative estimate of drug-likeness (QED) is 0.165. The Kier molecular flexibility index (Phi) is 7.50. The fourth-order valence-electron chi connectivity index (χ4n) is 4.58. The fourth-order valence-corrected chi connectivity index (χ4v) is 4.91. The molecule has 1 fully saturated rings. The zero-order chi connectivity index (χ0) is 27.4. The third kappa shape index (κ3) is 5.58. The van der Waals surface area contributed by atoms with E-state index in [0.717, 1.165) is 5.69 Å². The second-order valence-electron chi connectivity index (χ2n) is 8.83. The molecule has 1 amide bonds. The van der Waals surface area contributed by atoms with E-state index in [1.54, 1.807) is 43.6 Å². The number of pyridine rings is 1. The molecule has 1 saturated heterocycles. The minimum absolute atomic E-state index is 0.0248. The van der Waals surface area contributed by atoms with Gasteiger partial charge in [0, 0.05) is 36.9 Å². The van der Waals surface area contributed by atoms with Crippen molar-refractivity contribution in [2.24, 2.45) is 0 Å². The van der Waals surface area contributed by atoms with Crippen LogP contribution in [-0.4, -0.2) is 39.5 Å². The topological polar surface area (TPSA) is 123 Å². The number of amides is 1. The van der Waals surface area contributed by atoms with E-state index in [1.165, 1.54) is 12.1 Å². The highest BCUT2D eigenvalue weighted by Gasteiger charge is 2.41. The zero-order valence-corrected chi connectivity index (χ0v) is 21.8. The Morgan fingerprint density at radius 3 is 2.74 bits per heavy atom. The summed E-state index contributed by atoms with van der Waals surface area (Å²) in [5.41, 5.74) is 1.91. The van der Waals surface area contributed by atoms with Crippen molar-refractivity contribution in [1.29, 1.82) is 0 Å². The van der Waals surface area contributed by atoms with Gasteiger partial charge in [-0.1, -0.05) is 30.3 Å². The first-order valence-corrected chi connectivity index (χ1v) is 12.6. The molecule has 39 heavy (non-hydrogen) atoms. The number of benzene rings is 2. The first kappa shape index (κ1) is 25.9. The van der Waals surface area contributed by atoms with E-state index < -0.39 is 11.0 Å². The summed E-state index contributed by atoms with van der Waals surface area (Å²) in [7, 11) is 1.55. The summed E-state index contributed by atoms with van der Waals surface area (Å²) in [4.78, 5) is 30.1. The van der Waals surface area contributed by atoms with Gasteiger partial charge in [0.15, 0.2) is 5.11 Å². The summed E-state index contributed by atoms with van der Waals surface area (Å²) in [5.74, 6) is 1.45. The van der Waals surface area contributed by atoms with Gasteiger partial charge in [-0.25, -0.2) is 0 Å². The van der Waals surface area contributed by atoms with Crippen molar-refractivity contribution in [1.82, 2.24) is 15.2 Å². The molecule has 2 aromatic heterocycles. The van der Waals surface area contributed by atoms with Crippen LogP contribution in [0.4, 0.5) is 11.4 Å². The molecule has 0 radical (unpaired) electrons. The Labute approximate surface area is 229 Å². The van der Waals surface area contributed by atoms with Crippen LogP contribution in [0, 0.1) is 10.1 Å². The lowest BCUT2D eigenvalue weighted by molar-refractivity contribution is -0.384. The molecule has 0 bridgehead atoms. The van der Waals surface area contributed by atoms with Crippen LogP contribution in [0.2, 0.25) is 0 Å². The number of carbonyl (C=O) groups excluding carboxylic acids is 1. The summed E-state index contributed by atoms with van der Waals surface area (Å²) < 4.78 is 11.6. The largest absolute Gasteiger partial charge is 0.495 e. The predicted molar refractivity (Wildman–Crippen MR) is 149 cm³/mol.